The maximum Gasteiger partial charge on any atom is 0.192 e. The number of hydrogen-bond donors (Lipinski definition) is 3. The largest absolute Gasteiger partial charge is 0.415 e. The van der Waals surface area contributed by atoms with Crippen molar-refractivity contribution < 1.29 is 24.1 Å². The summed E-state index contributed by atoms with van der Waals surface area (Å²) in [4.78, 5) is 0. The lowest BCUT2D eigenvalue weighted by Gasteiger charge is -2.43. The topological polar surface area (TPSA) is 80.2 Å². The predicted octanol–water partition coefficient (Wildman–Crippen LogP) is 1.61. The first-order chi connectivity index (χ1) is 10.9. The van der Waals surface area contributed by atoms with Gasteiger partial charge in [-0.1, -0.05) is 20.8 Å². The molecule has 0 bridgehead atoms. The molecule has 0 aromatic carbocycles. The Morgan fingerprint density at radius 2 is 1.71 bits per heavy atom. The van der Waals surface area contributed by atoms with Gasteiger partial charge in [-0.2, -0.15) is 0 Å². The monoisotopic (exact) mass is 361 g/mol. The SMILES string of the molecule is CC1(C)O[C@@H]2[C@@H](O1)[C@@H](O)[C@H](CO[Si](C)(C)C(C)(C)C)N[C@@H]2CCO. The first-order valence-electron chi connectivity index (χ1n) is 8.92. The van der Waals surface area contributed by atoms with E-state index in [1.54, 1.807) is 0 Å². The fourth-order valence-corrected chi connectivity index (χ4v) is 4.17. The molecule has 2 saturated heterocycles. The number of aliphatic hydroxyl groups excluding tert-OH is 2. The van der Waals surface area contributed by atoms with E-state index in [2.05, 4.69) is 39.2 Å². The summed E-state index contributed by atoms with van der Waals surface area (Å²) >= 11 is 0. The van der Waals surface area contributed by atoms with Crippen LogP contribution in [0.4, 0.5) is 0 Å². The van der Waals surface area contributed by atoms with Gasteiger partial charge in [0, 0.05) is 12.6 Å². The lowest BCUT2D eigenvalue weighted by molar-refractivity contribution is -0.154. The molecule has 0 aliphatic carbocycles. The second-order valence-corrected chi connectivity index (χ2v) is 13.8. The number of nitrogens with one attached hydrogen (secondary N) is 1. The molecule has 0 aromatic heterocycles. The molecule has 2 heterocycles. The summed E-state index contributed by atoms with van der Waals surface area (Å²) in [6.45, 7) is 15.2. The van der Waals surface area contributed by atoms with Crippen LogP contribution in [0.15, 0.2) is 0 Å². The molecule has 0 radical (unpaired) electrons. The Morgan fingerprint density at radius 3 is 2.25 bits per heavy atom. The number of hydrogen-bond acceptors (Lipinski definition) is 6. The minimum atomic E-state index is -1.89. The Bertz CT molecular complexity index is 437. The number of ether oxygens (including phenoxy) is 2. The van der Waals surface area contributed by atoms with Crippen LogP contribution in [0.25, 0.3) is 0 Å². The molecule has 2 rings (SSSR count). The van der Waals surface area contributed by atoms with E-state index in [1.165, 1.54) is 0 Å². The molecule has 2 aliphatic rings. The quantitative estimate of drug-likeness (QED) is 0.646. The molecule has 24 heavy (non-hydrogen) atoms. The molecule has 0 spiro atoms. The maximum atomic E-state index is 10.8. The Hall–Kier alpha value is -0.0231. The zero-order chi connectivity index (χ0) is 18.3. The van der Waals surface area contributed by atoms with Crippen molar-refractivity contribution >= 4 is 8.32 Å². The van der Waals surface area contributed by atoms with Gasteiger partial charge in [0.25, 0.3) is 0 Å². The van der Waals surface area contributed by atoms with E-state index in [0.717, 1.165) is 0 Å². The molecule has 2 fully saturated rings. The number of rotatable bonds is 5. The summed E-state index contributed by atoms with van der Waals surface area (Å²) in [5.74, 6) is -0.721. The molecule has 0 aromatic rings. The highest BCUT2D eigenvalue weighted by molar-refractivity contribution is 6.74. The average molecular weight is 362 g/mol. The molecule has 0 saturated carbocycles. The molecule has 7 heteroatoms. The van der Waals surface area contributed by atoms with Crippen LogP contribution in [0.3, 0.4) is 0 Å². The van der Waals surface area contributed by atoms with Crippen molar-refractivity contribution in [1.29, 1.82) is 0 Å². The lowest BCUT2D eigenvalue weighted by atomic mass is 9.89. The van der Waals surface area contributed by atoms with Gasteiger partial charge in [-0.05, 0) is 38.4 Å². The highest BCUT2D eigenvalue weighted by atomic mass is 28.4. The summed E-state index contributed by atoms with van der Waals surface area (Å²) in [7, 11) is -1.89. The number of fused-ring (bicyclic) bond motifs is 1. The molecular weight excluding hydrogens is 326 g/mol. The minimum absolute atomic E-state index is 0.0572. The standard InChI is InChI=1S/C17H35NO5Si/c1-16(2,3)24(6,7)21-10-12-13(20)15-14(11(18-12)8-9-19)22-17(4,5)23-15/h11-15,18-20H,8-10H2,1-7H3/t11-,12+,13+,14+,15+/m1/s1. The third-order valence-electron chi connectivity index (χ3n) is 5.61. The van der Waals surface area contributed by atoms with E-state index < -0.39 is 26.3 Å². The van der Waals surface area contributed by atoms with Crippen LogP contribution in [0.2, 0.25) is 18.1 Å². The predicted molar refractivity (Wildman–Crippen MR) is 95.4 cm³/mol. The smallest absolute Gasteiger partial charge is 0.192 e. The van der Waals surface area contributed by atoms with Gasteiger partial charge in [-0.25, -0.2) is 0 Å². The van der Waals surface area contributed by atoms with Crippen LogP contribution in [-0.4, -0.2) is 67.9 Å². The summed E-state index contributed by atoms with van der Waals surface area (Å²) in [6.07, 6.45) is -0.794. The lowest BCUT2D eigenvalue weighted by Crippen LogP contribution is -2.65. The number of piperidine rings is 1. The first kappa shape index (κ1) is 20.3. The van der Waals surface area contributed by atoms with E-state index in [1.807, 2.05) is 13.8 Å². The van der Waals surface area contributed by atoms with Crippen molar-refractivity contribution in [2.24, 2.45) is 0 Å². The second-order valence-electron chi connectivity index (χ2n) is 9.02. The summed E-state index contributed by atoms with van der Waals surface area (Å²) in [6, 6.07) is -0.285. The van der Waals surface area contributed by atoms with E-state index in [-0.39, 0.29) is 29.8 Å². The van der Waals surface area contributed by atoms with Crippen molar-refractivity contribution in [2.75, 3.05) is 13.2 Å². The van der Waals surface area contributed by atoms with Gasteiger partial charge in [-0.3, -0.25) is 0 Å². The van der Waals surface area contributed by atoms with Crippen molar-refractivity contribution in [2.45, 2.75) is 95.4 Å². The van der Waals surface area contributed by atoms with Gasteiger partial charge < -0.3 is 29.4 Å². The average Bonchev–Trinajstić information content (AvgIpc) is 2.76. The van der Waals surface area contributed by atoms with Crippen molar-refractivity contribution in [3.8, 4) is 0 Å². The van der Waals surface area contributed by atoms with Crippen molar-refractivity contribution in [1.82, 2.24) is 5.32 Å². The maximum absolute atomic E-state index is 10.8. The molecule has 142 valence electrons. The Balaban J connectivity index is 2.08. The van der Waals surface area contributed by atoms with Gasteiger partial charge in [-0.15, -0.1) is 0 Å². The molecule has 0 unspecified atom stereocenters. The molecule has 3 N–H and O–H groups in total. The van der Waals surface area contributed by atoms with Gasteiger partial charge in [0.05, 0.1) is 12.6 Å². The fourth-order valence-electron chi connectivity index (χ4n) is 3.14. The van der Waals surface area contributed by atoms with Crippen molar-refractivity contribution in [3.63, 3.8) is 0 Å². The van der Waals surface area contributed by atoms with Crippen LogP contribution < -0.4 is 5.32 Å². The second kappa shape index (κ2) is 6.94. The third kappa shape index (κ3) is 4.20. The van der Waals surface area contributed by atoms with Crippen LogP contribution in [0, 0.1) is 0 Å². The molecule has 6 nitrogen and oxygen atoms in total. The van der Waals surface area contributed by atoms with E-state index in [9.17, 15) is 10.2 Å². The van der Waals surface area contributed by atoms with Gasteiger partial charge in [0.1, 0.15) is 18.3 Å². The summed E-state index contributed by atoms with van der Waals surface area (Å²) in [5, 5.41) is 23.7. The number of aliphatic hydroxyl groups is 2. The molecule has 2 aliphatic heterocycles. The summed E-state index contributed by atoms with van der Waals surface area (Å²) in [5.41, 5.74) is 0. The van der Waals surface area contributed by atoms with Gasteiger partial charge in [0.15, 0.2) is 14.1 Å². The van der Waals surface area contributed by atoms with E-state index in [4.69, 9.17) is 13.9 Å². The Morgan fingerprint density at radius 1 is 1.12 bits per heavy atom. The highest BCUT2D eigenvalue weighted by Gasteiger charge is 2.53. The highest BCUT2D eigenvalue weighted by Crippen LogP contribution is 2.38. The Labute approximate surface area is 147 Å². The minimum Gasteiger partial charge on any atom is -0.415 e. The van der Waals surface area contributed by atoms with Crippen LogP contribution in [-0.2, 0) is 13.9 Å². The van der Waals surface area contributed by atoms with Gasteiger partial charge in [0.2, 0.25) is 0 Å². The first-order valence-corrected chi connectivity index (χ1v) is 11.8. The fraction of sp³-hybridized carbons (Fsp3) is 1.00. The van der Waals surface area contributed by atoms with Crippen LogP contribution >= 0.6 is 0 Å². The van der Waals surface area contributed by atoms with Crippen LogP contribution in [0.1, 0.15) is 41.0 Å². The zero-order valence-corrected chi connectivity index (χ0v) is 17.1. The Kier molecular flexibility index (Phi) is 5.87. The van der Waals surface area contributed by atoms with Gasteiger partial charge >= 0.3 is 0 Å². The molecular formula is C17H35NO5Si. The van der Waals surface area contributed by atoms with Crippen LogP contribution in [0.5, 0.6) is 0 Å². The molecule has 5 atom stereocenters. The third-order valence-corrected chi connectivity index (χ3v) is 10.1. The van der Waals surface area contributed by atoms with Crippen molar-refractivity contribution in [3.05, 3.63) is 0 Å². The normalized spacial score (nSPS) is 36.6. The van der Waals surface area contributed by atoms with E-state index >= 15 is 0 Å². The summed E-state index contributed by atoms with van der Waals surface area (Å²) < 4.78 is 18.2. The zero-order valence-electron chi connectivity index (χ0n) is 16.1. The molecule has 0 amide bonds. The van der Waals surface area contributed by atoms with E-state index in [0.29, 0.717) is 13.0 Å².